The zero-order valence-corrected chi connectivity index (χ0v) is 16.9. The van der Waals surface area contributed by atoms with Crippen molar-refractivity contribution in [3.63, 3.8) is 0 Å². The fourth-order valence-corrected chi connectivity index (χ4v) is 4.50. The molecule has 148 valence electrons. The summed E-state index contributed by atoms with van der Waals surface area (Å²) in [6.45, 7) is 8.54. The number of amides is 2. The minimum Gasteiger partial charge on any atom is -0.453 e. The highest BCUT2D eigenvalue weighted by Crippen LogP contribution is 2.58. The molecule has 0 radical (unpaired) electrons. The zero-order chi connectivity index (χ0) is 19.6. The second-order valence-electron chi connectivity index (χ2n) is 8.28. The Labute approximate surface area is 162 Å². The normalized spacial score (nSPS) is 24.5. The summed E-state index contributed by atoms with van der Waals surface area (Å²) in [7, 11) is 1.34. The first kappa shape index (κ1) is 19.7. The highest BCUT2D eigenvalue weighted by atomic mass is 16.5. The Kier molecular flexibility index (Phi) is 6.08. The van der Waals surface area contributed by atoms with E-state index in [1.807, 2.05) is 4.90 Å². The number of rotatable bonds is 7. The third-order valence-corrected chi connectivity index (χ3v) is 6.16. The molecule has 2 amide bonds. The number of carbonyl (C=O) groups excluding carboxylic acids is 2. The van der Waals surface area contributed by atoms with E-state index in [1.165, 1.54) is 18.2 Å². The van der Waals surface area contributed by atoms with Gasteiger partial charge in [-0.25, -0.2) is 4.79 Å². The van der Waals surface area contributed by atoms with Gasteiger partial charge in [0.05, 0.1) is 13.0 Å². The topological polar surface area (TPSA) is 58.6 Å². The smallest absolute Gasteiger partial charge is 0.406 e. The fraction of sp³-hybridized carbons (Fsp3) is 0.636. The van der Waals surface area contributed by atoms with E-state index in [2.05, 4.69) is 55.1 Å². The second-order valence-corrected chi connectivity index (χ2v) is 8.28. The van der Waals surface area contributed by atoms with Gasteiger partial charge >= 0.3 is 6.09 Å². The first-order chi connectivity index (χ1) is 13.0. The van der Waals surface area contributed by atoms with Gasteiger partial charge in [-0.2, -0.15) is 0 Å². The second kappa shape index (κ2) is 8.32. The summed E-state index contributed by atoms with van der Waals surface area (Å²) in [5.74, 6) is 2.36. The van der Waals surface area contributed by atoms with Gasteiger partial charge in [-0.3, -0.25) is 4.79 Å². The molecule has 5 heteroatoms. The van der Waals surface area contributed by atoms with Gasteiger partial charge in [-0.05, 0) is 41.2 Å². The van der Waals surface area contributed by atoms with Crippen LogP contribution in [0.4, 0.5) is 4.79 Å². The Bertz CT molecular complexity index is 659. The molecule has 3 rings (SSSR count). The van der Waals surface area contributed by atoms with Crippen molar-refractivity contribution in [1.29, 1.82) is 0 Å². The predicted octanol–water partition coefficient (Wildman–Crippen LogP) is 3.75. The van der Waals surface area contributed by atoms with Gasteiger partial charge in [0.15, 0.2) is 0 Å². The Hall–Kier alpha value is -2.04. The number of likely N-dealkylation sites (tertiary alicyclic amines) is 1. The number of ether oxygens (including phenoxy) is 1. The van der Waals surface area contributed by atoms with E-state index in [0.29, 0.717) is 30.2 Å². The monoisotopic (exact) mass is 372 g/mol. The number of hydrogen-bond acceptors (Lipinski definition) is 3. The van der Waals surface area contributed by atoms with Crippen LogP contribution in [0.3, 0.4) is 0 Å². The van der Waals surface area contributed by atoms with E-state index < -0.39 is 6.09 Å². The summed E-state index contributed by atoms with van der Waals surface area (Å²) in [4.78, 5) is 26.2. The Morgan fingerprint density at radius 2 is 1.81 bits per heavy atom. The molecule has 27 heavy (non-hydrogen) atoms. The minimum absolute atomic E-state index is 0.157. The number of nitrogens with one attached hydrogen (secondary N) is 1. The number of carbonyl (C=O) groups is 2. The van der Waals surface area contributed by atoms with E-state index in [1.54, 1.807) is 0 Å². The molecule has 1 aliphatic heterocycles. The Balaban J connectivity index is 1.54. The molecular weight excluding hydrogens is 340 g/mol. The van der Waals surface area contributed by atoms with Crippen molar-refractivity contribution < 1.29 is 14.3 Å². The van der Waals surface area contributed by atoms with E-state index in [0.717, 1.165) is 25.9 Å². The van der Waals surface area contributed by atoms with Crippen LogP contribution in [0.5, 0.6) is 0 Å². The quantitative estimate of drug-likeness (QED) is 0.793. The number of benzene rings is 1. The molecule has 1 saturated heterocycles. The highest BCUT2D eigenvalue weighted by molar-refractivity contribution is 5.80. The molecule has 4 atom stereocenters. The lowest BCUT2D eigenvalue weighted by atomic mass is 9.98. The van der Waals surface area contributed by atoms with Gasteiger partial charge in [0.1, 0.15) is 0 Å². The first-order valence-corrected chi connectivity index (χ1v) is 10.2. The number of fused-ring (bicyclic) bond motifs is 1. The maximum absolute atomic E-state index is 12.9. The number of alkyl carbamates (subject to hydrolysis) is 1. The molecule has 1 N–H and O–H groups in total. The van der Waals surface area contributed by atoms with Crippen LogP contribution in [0.25, 0.3) is 0 Å². The standard InChI is InChI=1S/C22H32N2O3/c1-5-6-17(11-23-22(26)27-4)21(25)24-12-18-19(13-24)20(18)16-9-7-15(8-10-16)14(2)3/h7-10,14,17-20H,5-6,11-13H2,1-4H3,(H,23,26)/t17-,18-,19+,20?/m1/s1. The Morgan fingerprint density at radius 1 is 1.19 bits per heavy atom. The molecule has 5 nitrogen and oxygen atoms in total. The number of hydrogen-bond donors (Lipinski definition) is 1. The van der Waals surface area contributed by atoms with Crippen molar-refractivity contribution in [3.8, 4) is 0 Å². The van der Waals surface area contributed by atoms with Gasteiger partial charge in [-0.15, -0.1) is 0 Å². The van der Waals surface area contributed by atoms with Crippen LogP contribution in [0.15, 0.2) is 24.3 Å². The highest BCUT2D eigenvalue weighted by Gasteiger charge is 2.57. The van der Waals surface area contributed by atoms with Crippen molar-refractivity contribution in [1.82, 2.24) is 10.2 Å². The summed E-state index contributed by atoms with van der Waals surface area (Å²) in [6, 6.07) is 9.02. The van der Waals surface area contributed by atoms with Gasteiger partial charge in [-0.1, -0.05) is 51.5 Å². The van der Waals surface area contributed by atoms with E-state index in [9.17, 15) is 9.59 Å². The van der Waals surface area contributed by atoms with Crippen LogP contribution in [0, 0.1) is 17.8 Å². The SMILES string of the molecule is CCC[C@H](CNC(=O)OC)C(=O)N1C[C@@H]2C(c3ccc(C(C)C)cc3)[C@@H]2C1. The largest absolute Gasteiger partial charge is 0.453 e. The molecule has 2 aliphatic rings. The lowest BCUT2D eigenvalue weighted by molar-refractivity contribution is -0.135. The van der Waals surface area contributed by atoms with Crippen molar-refractivity contribution in [2.24, 2.45) is 17.8 Å². The Morgan fingerprint density at radius 3 is 2.33 bits per heavy atom. The molecule has 1 unspecified atom stereocenters. The molecule has 0 aromatic heterocycles. The summed E-state index contributed by atoms with van der Waals surface area (Å²) in [6.07, 6.45) is 1.23. The van der Waals surface area contributed by atoms with Crippen LogP contribution < -0.4 is 5.32 Å². The van der Waals surface area contributed by atoms with Crippen LogP contribution in [-0.2, 0) is 9.53 Å². The van der Waals surface area contributed by atoms with Gasteiger partial charge < -0.3 is 15.0 Å². The van der Waals surface area contributed by atoms with Gasteiger partial charge in [0, 0.05) is 19.6 Å². The number of nitrogens with zero attached hydrogens (tertiary/aromatic N) is 1. The van der Waals surface area contributed by atoms with Crippen molar-refractivity contribution in [3.05, 3.63) is 35.4 Å². The van der Waals surface area contributed by atoms with Crippen LogP contribution >= 0.6 is 0 Å². The van der Waals surface area contributed by atoms with Crippen molar-refractivity contribution in [2.75, 3.05) is 26.7 Å². The fourth-order valence-electron chi connectivity index (χ4n) is 4.50. The van der Waals surface area contributed by atoms with Crippen molar-refractivity contribution in [2.45, 2.75) is 45.4 Å². The third-order valence-electron chi connectivity index (χ3n) is 6.16. The molecule has 1 aromatic carbocycles. The molecule has 0 bridgehead atoms. The summed E-state index contributed by atoms with van der Waals surface area (Å²) in [5.41, 5.74) is 2.79. The maximum Gasteiger partial charge on any atom is 0.406 e. The average molecular weight is 373 g/mol. The first-order valence-electron chi connectivity index (χ1n) is 10.2. The maximum atomic E-state index is 12.9. The third kappa shape index (κ3) is 4.28. The van der Waals surface area contributed by atoms with Crippen LogP contribution in [0.1, 0.15) is 56.6 Å². The molecule has 0 spiro atoms. The van der Waals surface area contributed by atoms with Crippen LogP contribution in [-0.4, -0.2) is 43.6 Å². The summed E-state index contributed by atoms with van der Waals surface area (Å²) >= 11 is 0. The van der Waals surface area contributed by atoms with E-state index >= 15 is 0 Å². The average Bonchev–Trinajstić information content (AvgIpc) is 3.17. The lowest BCUT2D eigenvalue weighted by Gasteiger charge is -2.25. The van der Waals surface area contributed by atoms with Gasteiger partial charge in [0.25, 0.3) is 0 Å². The van der Waals surface area contributed by atoms with E-state index in [-0.39, 0.29) is 11.8 Å². The zero-order valence-electron chi connectivity index (χ0n) is 16.9. The molecule has 1 aliphatic carbocycles. The number of methoxy groups -OCH3 is 1. The molecule has 1 saturated carbocycles. The molecule has 1 heterocycles. The van der Waals surface area contributed by atoms with Crippen LogP contribution in [0.2, 0.25) is 0 Å². The summed E-state index contributed by atoms with van der Waals surface area (Å²) in [5, 5.41) is 2.68. The van der Waals surface area contributed by atoms with Gasteiger partial charge in [0.2, 0.25) is 5.91 Å². The molecular formula is C22H32N2O3. The van der Waals surface area contributed by atoms with E-state index in [4.69, 9.17) is 0 Å². The molecule has 2 fully saturated rings. The minimum atomic E-state index is -0.474. The summed E-state index contributed by atoms with van der Waals surface area (Å²) < 4.78 is 4.62. The molecule has 1 aromatic rings. The predicted molar refractivity (Wildman–Crippen MR) is 106 cm³/mol. The lowest BCUT2D eigenvalue weighted by Crippen LogP contribution is -2.41. The van der Waals surface area contributed by atoms with Crippen molar-refractivity contribution >= 4 is 12.0 Å². The number of piperidine rings is 1.